The van der Waals surface area contributed by atoms with Crippen LogP contribution < -0.4 is 0 Å². The first-order valence-electron chi connectivity index (χ1n) is 5.29. The minimum Gasteiger partial charge on any atom is -0.396 e. The highest BCUT2D eigenvalue weighted by molar-refractivity contribution is 5.81. The van der Waals surface area contributed by atoms with Gasteiger partial charge in [0, 0.05) is 36.8 Å². The summed E-state index contributed by atoms with van der Waals surface area (Å²) in [6, 6.07) is 2.17. The van der Waals surface area contributed by atoms with Crippen molar-refractivity contribution in [2.75, 3.05) is 13.2 Å². The molecule has 0 aromatic carbocycles. The number of hydrogen-bond donors (Lipinski definition) is 1. The lowest BCUT2D eigenvalue weighted by Crippen LogP contribution is -2.24. The van der Waals surface area contributed by atoms with Gasteiger partial charge < -0.3 is 10.0 Å². The molecule has 0 aromatic heterocycles. The smallest absolute Gasteiger partial charge is 0.227 e. The van der Waals surface area contributed by atoms with Crippen LogP contribution in [0.25, 0.3) is 0 Å². The lowest BCUT2D eigenvalue weighted by atomic mass is 10.1. The number of amides is 1. The first kappa shape index (κ1) is 10.2. The van der Waals surface area contributed by atoms with Gasteiger partial charge in [-0.2, -0.15) is 5.26 Å². The number of aliphatic hydroxyl groups is 1. The average molecular weight is 206 g/mol. The second-order valence-corrected chi connectivity index (χ2v) is 4.15. The summed E-state index contributed by atoms with van der Waals surface area (Å²) < 4.78 is 0. The van der Waals surface area contributed by atoms with Crippen molar-refractivity contribution in [2.24, 2.45) is 5.92 Å². The van der Waals surface area contributed by atoms with E-state index >= 15 is 0 Å². The molecule has 4 nitrogen and oxygen atoms in total. The molecule has 0 radical (unpaired) electrons. The van der Waals surface area contributed by atoms with Crippen LogP contribution in [0.1, 0.15) is 25.7 Å². The summed E-state index contributed by atoms with van der Waals surface area (Å²) in [6.45, 7) is 0.632. The van der Waals surface area contributed by atoms with Gasteiger partial charge in [-0.05, 0) is 19.3 Å². The fourth-order valence-electron chi connectivity index (χ4n) is 2.31. The molecule has 0 saturated carbocycles. The molecule has 0 spiro atoms. The maximum absolute atomic E-state index is 11.7. The van der Waals surface area contributed by atoms with Crippen LogP contribution in [0.4, 0.5) is 0 Å². The number of rotatable bonds is 2. The first-order chi connectivity index (χ1) is 7.26. The first-order valence-corrected chi connectivity index (χ1v) is 5.29. The number of nitriles is 1. The van der Waals surface area contributed by atoms with Gasteiger partial charge in [-0.15, -0.1) is 0 Å². The van der Waals surface area contributed by atoms with Gasteiger partial charge in [-0.1, -0.05) is 0 Å². The fourth-order valence-corrected chi connectivity index (χ4v) is 2.31. The Kier molecular flexibility index (Phi) is 2.74. The zero-order chi connectivity index (χ0) is 10.8. The van der Waals surface area contributed by atoms with Crippen molar-refractivity contribution < 1.29 is 9.90 Å². The third-order valence-electron chi connectivity index (χ3n) is 3.11. The molecule has 1 atom stereocenters. The molecule has 1 saturated heterocycles. The summed E-state index contributed by atoms with van der Waals surface area (Å²) in [5, 5.41) is 17.9. The Hall–Kier alpha value is -1.34. The van der Waals surface area contributed by atoms with Gasteiger partial charge in [0.25, 0.3) is 0 Å². The Morgan fingerprint density at radius 1 is 1.53 bits per heavy atom. The summed E-state index contributed by atoms with van der Waals surface area (Å²) in [5.74, 6) is 0.101. The summed E-state index contributed by atoms with van der Waals surface area (Å²) in [7, 11) is 0. The summed E-state index contributed by atoms with van der Waals surface area (Å²) >= 11 is 0. The van der Waals surface area contributed by atoms with Gasteiger partial charge in [-0.3, -0.25) is 4.79 Å². The van der Waals surface area contributed by atoms with Crippen LogP contribution in [0.3, 0.4) is 0 Å². The normalized spacial score (nSPS) is 26.3. The second kappa shape index (κ2) is 4.03. The highest BCUT2D eigenvalue weighted by Gasteiger charge is 2.33. The minimum absolute atomic E-state index is 0.0468. The maximum atomic E-state index is 11.7. The second-order valence-electron chi connectivity index (χ2n) is 4.15. The van der Waals surface area contributed by atoms with Crippen LogP contribution in [0.2, 0.25) is 0 Å². The molecule has 2 aliphatic rings. The molecule has 1 aliphatic carbocycles. The van der Waals surface area contributed by atoms with Gasteiger partial charge in [0.15, 0.2) is 0 Å². The van der Waals surface area contributed by atoms with E-state index in [-0.39, 0.29) is 18.4 Å². The van der Waals surface area contributed by atoms with Gasteiger partial charge in [-0.25, -0.2) is 0 Å². The summed E-state index contributed by atoms with van der Waals surface area (Å²) in [5.41, 5.74) is 1.65. The Bertz CT molecular complexity index is 354. The molecule has 2 rings (SSSR count). The Labute approximate surface area is 88.8 Å². The highest BCUT2D eigenvalue weighted by atomic mass is 16.3. The highest BCUT2D eigenvalue weighted by Crippen LogP contribution is 2.32. The number of likely N-dealkylation sites (tertiary alicyclic amines) is 1. The zero-order valence-corrected chi connectivity index (χ0v) is 8.57. The van der Waals surface area contributed by atoms with Crippen LogP contribution in [-0.4, -0.2) is 29.1 Å². The number of allylic oxidation sites excluding steroid dienone is 2. The number of nitrogens with zero attached hydrogens (tertiary/aromatic N) is 2. The Morgan fingerprint density at radius 2 is 2.33 bits per heavy atom. The van der Waals surface area contributed by atoms with Crippen molar-refractivity contribution in [3.8, 4) is 6.07 Å². The molecule has 1 aliphatic heterocycles. The van der Waals surface area contributed by atoms with Crippen LogP contribution in [0, 0.1) is 17.2 Å². The fraction of sp³-hybridized carbons (Fsp3) is 0.636. The molecule has 1 N–H and O–H groups in total. The van der Waals surface area contributed by atoms with E-state index in [0.717, 1.165) is 30.5 Å². The van der Waals surface area contributed by atoms with Crippen molar-refractivity contribution in [2.45, 2.75) is 25.7 Å². The van der Waals surface area contributed by atoms with Crippen molar-refractivity contribution in [1.29, 1.82) is 5.26 Å². The van der Waals surface area contributed by atoms with Crippen molar-refractivity contribution in [1.82, 2.24) is 4.90 Å². The quantitative estimate of drug-likeness (QED) is 0.726. The van der Waals surface area contributed by atoms with Crippen molar-refractivity contribution in [3.63, 3.8) is 0 Å². The van der Waals surface area contributed by atoms with E-state index in [1.165, 1.54) is 0 Å². The van der Waals surface area contributed by atoms with E-state index < -0.39 is 0 Å². The Morgan fingerprint density at radius 3 is 2.93 bits per heavy atom. The lowest BCUT2D eigenvalue weighted by molar-refractivity contribution is -0.126. The number of carbonyl (C=O) groups excluding carboxylic acids is 1. The summed E-state index contributed by atoms with van der Waals surface area (Å²) in [4.78, 5) is 13.4. The van der Waals surface area contributed by atoms with E-state index in [9.17, 15) is 4.79 Å². The standard InChI is InChI=1S/C11H14N2O2/c12-5-9-2-1-3-10(9)13-6-8(7-14)4-11(13)15/h8,14H,1-4,6-7H2. The number of hydrogen-bond acceptors (Lipinski definition) is 3. The molecule has 15 heavy (non-hydrogen) atoms. The molecule has 0 bridgehead atoms. The molecule has 80 valence electrons. The Balaban J connectivity index is 2.18. The van der Waals surface area contributed by atoms with Crippen molar-refractivity contribution >= 4 is 5.91 Å². The van der Waals surface area contributed by atoms with Gasteiger partial charge in [0.05, 0.1) is 6.07 Å². The minimum atomic E-state index is 0.0468. The summed E-state index contributed by atoms with van der Waals surface area (Å²) in [6.07, 6.45) is 3.00. The van der Waals surface area contributed by atoms with E-state index in [1.807, 2.05) is 0 Å². The zero-order valence-electron chi connectivity index (χ0n) is 8.57. The third kappa shape index (κ3) is 1.75. The molecule has 1 unspecified atom stereocenters. The SMILES string of the molecule is N#CC1=C(N2CC(CO)CC2=O)CCC1. The van der Waals surface area contributed by atoms with Gasteiger partial charge in [0.1, 0.15) is 0 Å². The molecular formula is C11H14N2O2. The maximum Gasteiger partial charge on any atom is 0.227 e. The predicted octanol–water partition coefficient (Wildman–Crippen LogP) is 0.789. The van der Waals surface area contributed by atoms with Gasteiger partial charge >= 0.3 is 0 Å². The van der Waals surface area contributed by atoms with E-state index in [4.69, 9.17) is 10.4 Å². The number of aliphatic hydroxyl groups excluding tert-OH is 1. The van der Waals surface area contributed by atoms with Crippen molar-refractivity contribution in [3.05, 3.63) is 11.3 Å². The molecule has 1 heterocycles. The van der Waals surface area contributed by atoms with Gasteiger partial charge in [0.2, 0.25) is 5.91 Å². The van der Waals surface area contributed by atoms with E-state index in [1.54, 1.807) is 4.90 Å². The molecule has 0 aromatic rings. The van der Waals surface area contributed by atoms with Crippen LogP contribution >= 0.6 is 0 Å². The van der Waals surface area contributed by atoms with Crippen LogP contribution in [0.15, 0.2) is 11.3 Å². The number of carbonyl (C=O) groups is 1. The predicted molar refractivity (Wildman–Crippen MR) is 53.4 cm³/mol. The largest absolute Gasteiger partial charge is 0.396 e. The molecule has 1 amide bonds. The third-order valence-corrected chi connectivity index (χ3v) is 3.11. The van der Waals surface area contributed by atoms with E-state index in [0.29, 0.717) is 13.0 Å². The van der Waals surface area contributed by atoms with Crippen LogP contribution in [0.5, 0.6) is 0 Å². The molecule has 1 fully saturated rings. The topological polar surface area (TPSA) is 64.3 Å². The lowest BCUT2D eigenvalue weighted by Gasteiger charge is -2.18. The average Bonchev–Trinajstić information content (AvgIpc) is 2.82. The monoisotopic (exact) mass is 206 g/mol. The van der Waals surface area contributed by atoms with E-state index in [2.05, 4.69) is 6.07 Å². The molecule has 4 heteroatoms. The van der Waals surface area contributed by atoms with Crippen LogP contribution in [-0.2, 0) is 4.79 Å². The molecular weight excluding hydrogens is 192 g/mol.